The second-order valence-electron chi connectivity index (χ2n) is 4.61. The van der Waals surface area contributed by atoms with Crippen LogP contribution in [0, 0.1) is 0 Å². The predicted octanol–water partition coefficient (Wildman–Crippen LogP) is 2.95. The lowest BCUT2D eigenvalue weighted by Gasteiger charge is -2.23. The van der Waals surface area contributed by atoms with Gasteiger partial charge in [0.05, 0.1) is 13.2 Å². The molecule has 0 aliphatic carbocycles. The van der Waals surface area contributed by atoms with Crippen LogP contribution in [0.4, 0.5) is 0 Å². The van der Waals surface area contributed by atoms with Crippen molar-refractivity contribution < 1.29 is 4.74 Å². The minimum atomic E-state index is 0.456. The quantitative estimate of drug-likeness (QED) is 0.915. The first-order valence-corrected chi connectivity index (χ1v) is 7.24. The molecule has 1 aromatic heterocycles. The zero-order valence-corrected chi connectivity index (χ0v) is 11.1. The van der Waals surface area contributed by atoms with E-state index < -0.39 is 0 Å². The van der Waals surface area contributed by atoms with E-state index in [1.54, 1.807) is 11.3 Å². The monoisotopic (exact) mass is 259 g/mol. The summed E-state index contributed by atoms with van der Waals surface area (Å²) in [5.41, 5.74) is 2.70. The van der Waals surface area contributed by atoms with Crippen LogP contribution >= 0.6 is 11.3 Å². The molecule has 18 heavy (non-hydrogen) atoms. The Morgan fingerprint density at radius 3 is 3.06 bits per heavy atom. The number of benzene rings is 1. The standard InChI is InChI=1S/C15H17NOS/c1-3-12(10-14-11-17-7-6-16-14)9-13(4-1)15-5-2-8-18-15/h1-5,8-9,14,16H,6-7,10-11H2. The number of ether oxygens (including phenoxy) is 1. The highest BCUT2D eigenvalue weighted by atomic mass is 32.1. The van der Waals surface area contributed by atoms with Crippen LogP contribution in [0.1, 0.15) is 5.56 Å². The topological polar surface area (TPSA) is 21.3 Å². The van der Waals surface area contributed by atoms with E-state index in [-0.39, 0.29) is 0 Å². The van der Waals surface area contributed by atoms with Crippen LogP contribution in [0.2, 0.25) is 0 Å². The fourth-order valence-electron chi connectivity index (χ4n) is 2.33. The minimum absolute atomic E-state index is 0.456. The van der Waals surface area contributed by atoms with Crippen LogP contribution in [0.15, 0.2) is 41.8 Å². The third-order valence-corrected chi connectivity index (χ3v) is 4.13. The van der Waals surface area contributed by atoms with Crippen molar-refractivity contribution in [3.8, 4) is 10.4 Å². The second kappa shape index (κ2) is 5.65. The van der Waals surface area contributed by atoms with Gasteiger partial charge in [-0.15, -0.1) is 11.3 Å². The van der Waals surface area contributed by atoms with Gasteiger partial charge in [0.2, 0.25) is 0 Å². The van der Waals surface area contributed by atoms with Crippen molar-refractivity contribution >= 4 is 11.3 Å². The van der Waals surface area contributed by atoms with Gasteiger partial charge in [-0.1, -0.05) is 30.3 Å². The predicted molar refractivity (Wildman–Crippen MR) is 76.1 cm³/mol. The number of thiophene rings is 1. The maximum absolute atomic E-state index is 5.50. The summed E-state index contributed by atoms with van der Waals surface area (Å²) in [7, 11) is 0. The molecule has 0 bridgehead atoms. The van der Waals surface area contributed by atoms with Gasteiger partial charge in [-0.25, -0.2) is 0 Å². The van der Waals surface area contributed by atoms with Gasteiger partial charge in [0.25, 0.3) is 0 Å². The summed E-state index contributed by atoms with van der Waals surface area (Å²) < 4.78 is 5.50. The van der Waals surface area contributed by atoms with E-state index in [1.807, 2.05) is 0 Å². The minimum Gasteiger partial charge on any atom is -0.379 e. The lowest BCUT2D eigenvalue weighted by molar-refractivity contribution is 0.0770. The SMILES string of the molecule is c1cc(CC2COCCN2)cc(-c2cccs2)c1. The van der Waals surface area contributed by atoms with Crippen molar-refractivity contribution in [2.45, 2.75) is 12.5 Å². The van der Waals surface area contributed by atoms with Gasteiger partial charge >= 0.3 is 0 Å². The molecule has 3 rings (SSSR count). The van der Waals surface area contributed by atoms with Crippen LogP contribution in [-0.2, 0) is 11.2 Å². The molecule has 1 N–H and O–H groups in total. The molecular weight excluding hydrogens is 242 g/mol. The van der Waals surface area contributed by atoms with Gasteiger partial charge in [-0.05, 0) is 29.0 Å². The molecule has 1 saturated heterocycles. The number of nitrogens with one attached hydrogen (secondary N) is 1. The van der Waals surface area contributed by atoms with Crippen molar-refractivity contribution in [1.82, 2.24) is 5.32 Å². The van der Waals surface area contributed by atoms with Crippen LogP contribution in [-0.4, -0.2) is 25.8 Å². The smallest absolute Gasteiger partial charge is 0.0623 e. The average molecular weight is 259 g/mol. The maximum Gasteiger partial charge on any atom is 0.0623 e. The van der Waals surface area contributed by atoms with E-state index in [0.29, 0.717) is 6.04 Å². The summed E-state index contributed by atoms with van der Waals surface area (Å²) in [5, 5.41) is 5.62. The molecule has 0 spiro atoms. The molecule has 1 unspecified atom stereocenters. The Kier molecular flexibility index (Phi) is 3.74. The third kappa shape index (κ3) is 2.80. The fourth-order valence-corrected chi connectivity index (χ4v) is 3.05. The molecule has 1 atom stereocenters. The number of hydrogen-bond acceptors (Lipinski definition) is 3. The largest absolute Gasteiger partial charge is 0.379 e. The first-order valence-electron chi connectivity index (χ1n) is 6.36. The van der Waals surface area contributed by atoms with E-state index in [4.69, 9.17) is 4.74 Å². The first-order chi connectivity index (χ1) is 8.92. The van der Waals surface area contributed by atoms with E-state index in [1.165, 1.54) is 16.0 Å². The summed E-state index contributed by atoms with van der Waals surface area (Å²) in [4.78, 5) is 1.34. The van der Waals surface area contributed by atoms with Crippen molar-refractivity contribution in [3.63, 3.8) is 0 Å². The van der Waals surface area contributed by atoms with Gasteiger partial charge in [0, 0.05) is 17.5 Å². The molecule has 0 amide bonds. The number of rotatable bonds is 3. The molecular formula is C15H17NOS. The number of hydrogen-bond donors (Lipinski definition) is 1. The Morgan fingerprint density at radius 1 is 1.28 bits per heavy atom. The van der Waals surface area contributed by atoms with Crippen LogP contribution < -0.4 is 5.32 Å². The molecule has 1 aliphatic rings. The Labute approximate surface area is 112 Å². The summed E-state index contributed by atoms with van der Waals surface area (Å²) in [6, 6.07) is 13.6. The van der Waals surface area contributed by atoms with Gasteiger partial charge in [-0.3, -0.25) is 0 Å². The Morgan fingerprint density at radius 2 is 2.28 bits per heavy atom. The summed E-state index contributed by atoms with van der Waals surface area (Å²) >= 11 is 1.79. The van der Waals surface area contributed by atoms with Gasteiger partial charge in [-0.2, -0.15) is 0 Å². The van der Waals surface area contributed by atoms with Gasteiger partial charge < -0.3 is 10.1 Å². The zero-order chi connectivity index (χ0) is 12.2. The molecule has 2 aromatic rings. The highest BCUT2D eigenvalue weighted by molar-refractivity contribution is 7.13. The molecule has 0 radical (unpaired) electrons. The molecule has 1 fully saturated rings. The molecule has 2 heterocycles. The molecule has 2 nitrogen and oxygen atoms in total. The van der Waals surface area contributed by atoms with Crippen LogP contribution in [0.3, 0.4) is 0 Å². The maximum atomic E-state index is 5.50. The number of morpholine rings is 1. The molecule has 0 saturated carbocycles. The average Bonchev–Trinajstić information content (AvgIpc) is 2.94. The summed E-state index contributed by atoms with van der Waals surface area (Å²) in [6.45, 7) is 2.63. The van der Waals surface area contributed by atoms with Gasteiger partial charge in [0.1, 0.15) is 0 Å². The highest BCUT2D eigenvalue weighted by Crippen LogP contribution is 2.25. The van der Waals surface area contributed by atoms with Crippen LogP contribution in [0.25, 0.3) is 10.4 Å². The third-order valence-electron chi connectivity index (χ3n) is 3.21. The Bertz CT molecular complexity index is 489. The highest BCUT2D eigenvalue weighted by Gasteiger charge is 2.13. The van der Waals surface area contributed by atoms with E-state index in [0.717, 1.165) is 26.2 Å². The first kappa shape index (κ1) is 11.9. The van der Waals surface area contributed by atoms with E-state index in [9.17, 15) is 0 Å². The normalized spacial score (nSPS) is 19.9. The summed E-state index contributed by atoms with van der Waals surface area (Å²) in [6.07, 6.45) is 1.04. The summed E-state index contributed by atoms with van der Waals surface area (Å²) in [5.74, 6) is 0. The van der Waals surface area contributed by atoms with Gasteiger partial charge in [0.15, 0.2) is 0 Å². The molecule has 1 aromatic carbocycles. The second-order valence-corrected chi connectivity index (χ2v) is 5.56. The Balaban J connectivity index is 1.74. The van der Waals surface area contributed by atoms with E-state index >= 15 is 0 Å². The van der Waals surface area contributed by atoms with Crippen molar-refractivity contribution in [2.24, 2.45) is 0 Å². The lowest BCUT2D eigenvalue weighted by atomic mass is 10.0. The van der Waals surface area contributed by atoms with Crippen molar-refractivity contribution in [2.75, 3.05) is 19.8 Å². The van der Waals surface area contributed by atoms with Crippen LogP contribution in [0.5, 0.6) is 0 Å². The zero-order valence-electron chi connectivity index (χ0n) is 10.3. The van der Waals surface area contributed by atoms with Crippen molar-refractivity contribution in [3.05, 3.63) is 47.3 Å². The molecule has 1 aliphatic heterocycles. The van der Waals surface area contributed by atoms with Crippen molar-refractivity contribution in [1.29, 1.82) is 0 Å². The molecule has 3 heteroatoms. The van der Waals surface area contributed by atoms with E-state index in [2.05, 4.69) is 47.1 Å². The fraction of sp³-hybridized carbons (Fsp3) is 0.333. The Hall–Kier alpha value is -1.16. The lowest BCUT2D eigenvalue weighted by Crippen LogP contribution is -2.42. The molecule has 94 valence electrons.